The van der Waals surface area contributed by atoms with Crippen LogP contribution < -0.4 is 29.6 Å². The summed E-state index contributed by atoms with van der Waals surface area (Å²) < 4.78 is 26.6. The van der Waals surface area contributed by atoms with Crippen molar-refractivity contribution >= 4 is 11.8 Å². The first-order valence-electron chi connectivity index (χ1n) is 11.3. The number of carbonyl (C=O) groups is 2. The van der Waals surface area contributed by atoms with E-state index in [9.17, 15) is 9.59 Å². The molecule has 0 bridgehead atoms. The van der Waals surface area contributed by atoms with Gasteiger partial charge in [-0.1, -0.05) is 12.1 Å². The Morgan fingerprint density at radius 2 is 1.54 bits per heavy atom. The Morgan fingerprint density at radius 3 is 2.09 bits per heavy atom. The van der Waals surface area contributed by atoms with E-state index in [4.69, 9.17) is 23.7 Å². The number of methoxy groups -OCH3 is 4. The first kappa shape index (κ1) is 26.1. The van der Waals surface area contributed by atoms with Crippen molar-refractivity contribution in [2.45, 2.75) is 6.04 Å². The number of benzene rings is 2. The standard InChI is InChI=1S/C25H33N3O7/c1-31-19-7-5-17(6-8-19)20(28-9-11-35-12-10-28)15-26-23(29)16-27-25(30)18-13-21(32-2)24(34-4)22(14-18)33-3/h5-8,13-14,20H,9-12,15-16H2,1-4H3,(H,26,29)(H,27,30)/t20-/m0/s1. The number of nitrogens with zero attached hydrogens (tertiary/aromatic N) is 1. The van der Waals surface area contributed by atoms with Gasteiger partial charge in [-0.15, -0.1) is 0 Å². The molecule has 0 saturated carbocycles. The summed E-state index contributed by atoms with van der Waals surface area (Å²) in [6, 6.07) is 10.8. The first-order chi connectivity index (χ1) is 17.0. The molecule has 1 heterocycles. The Balaban J connectivity index is 1.61. The molecule has 35 heavy (non-hydrogen) atoms. The Hall–Kier alpha value is -3.50. The Kier molecular flexibility index (Phi) is 9.56. The molecule has 2 aromatic carbocycles. The topological polar surface area (TPSA) is 108 Å². The van der Waals surface area contributed by atoms with E-state index in [1.165, 1.54) is 33.5 Å². The van der Waals surface area contributed by atoms with Gasteiger partial charge >= 0.3 is 0 Å². The molecule has 1 fully saturated rings. The second kappa shape index (κ2) is 12.8. The predicted octanol–water partition coefficient (Wildman–Crippen LogP) is 1.64. The van der Waals surface area contributed by atoms with Crippen LogP contribution in [0.3, 0.4) is 0 Å². The minimum Gasteiger partial charge on any atom is -0.497 e. The van der Waals surface area contributed by atoms with Gasteiger partial charge in [0.15, 0.2) is 11.5 Å². The second-order valence-corrected chi connectivity index (χ2v) is 7.84. The lowest BCUT2D eigenvalue weighted by molar-refractivity contribution is -0.120. The highest BCUT2D eigenvalue weighted by molar-refractivity contribution is 5.97. The molecule has 190 valence electrons. The van der Waals surface area contributed by atoms with Crippen molar-refractivity contribution in [3.05, 3.63) is 47.5 Å². The van der Waals surface area contributed by atoms with E-state index >= 15 is 0 Å². The summed E-state index contributed by atoms with van der Waals surface area (Å²) in [5, 5.41) is 5.58. The van der Waals surface area contributed by atoms with Gasteiger partial charge in [-0.3, -0.25) is 14.5 Å². The van der Waals surface area contributed by atoms with Crippen molar-refractivity contribution in [2.75, 3.05) is 67.8 Å². The average Bonchev–Trinajstić information content (AvgIpc) is 2.91. The molecule has 1 atom stereocenters. The van der Waals surface area contributed by atoms with Crippen molar-refractivity contribution in [3.63, 3.8) is 0 Å². The summed E-state index contributed by atoms with van der Waals surface area (Å²) in [6.45, 7) is 3.05. The third kappa shape index (κ3) is 6.77. The average molecular weight is 488 g/mol. The number of amides is 2. The van der Waals surface area contributed by atoms with Crippen molar-refractivity contribution in [2.24, 2.45) is 0 Å². The van der Waals surface area contributed by atoms with Crippen molar-refractivity contribution in [1.29, 1.82) is 0 Å². The maximum atomic E-state index is 12.7. The molecule has 0 unspecified atom stereocenters. The highest BCUT2D eigenvalue weighted by atomic mass is 16.5. The van der Waals surface area contributed by atoms with Crippen molar-refractivity contribution in [3.8, 4) is 23.0 Å². The molecular formula is C25H33N3O7. The van der Waals surface area contributed by atoms with Gasteiger partial charge in [0, 0.05) is 25.2 Å². The lowest BCUT2D eigenvalue weighted by atomic mass is 10.0. The molecule has 1 aliphatic rings. The first-order valence-corrected chi connectivity index (χ1v) is 11.3. The van der Waals surface area contributed by atoms with Crippen LogP contribution in [0, 0.1) is 0 Å². The molecule has 10 nitrogen and oxygen atoms in total. The molecule has 0 aromatic heterocycles. The van der Waals surface area contributed by atoms with E-state index in [-0.39, 0.29) is 24.1 Å². The van der Waals surface area contributed by atoms with E-state index in [1.807, 2.05) is 24.3 Å². The largest absolute Gasteiger partial charge is 0.497 e. The van der Waals surface area contributed by atoms with Crippen molar-refractivity contribution < 1.29 is 33.3 Å². The molecule has 1 aliphatic heterocycles. The number of hydrogen-bond donors (Lipinski definition) is 2. The zero-order valence-electron chi connectivity index (χ0n) is 20.6. The molecule has 2 N–H and O–H groups in total. The van der Waals surface area contributed by atoms with Crippen LogP contribution >= 0.6 is 0 Å². The highest BCUT2D eigenvalue weighted by Crippen LogP contribution is 2.38. The molecule has 0 aliphatic carbocycles. The normalized spacial score (nSPS) is 14.5. The van der Waals surface area contributed by atoms with Crippen LogP contribution in [0.1, 0.15) is 22.0 Å². The van der Waals surface area contributed by atoms with Gasteiger partial charge in [0.05, 0.1) is 54.2 Å². The fourth-order valence-corrected chi connectivity index (χ4v) is 3.92. The summed E-state index contributed by atoms with van der Waals surface area (Å²) in [7, 11) is 6.06. The van der Waals surface area contributed by atoms with Crippen LogP contribution in [0.5, 0.6) is 23.0 Å². The third-order valence-corrected chi connectivity index (χ3v) is 5.82. The summed E-state index contributed by atoms with van der Waals surface area (Å²) >= 11 is 0. The molecule has 2 aromatic rings. The van der Waals surface area contributed by atoms with Gasteiger partial charge in [0.1, 0.15) is 5.75 Å². The molecule has 2 amide bonds. The van der Waals surface area contributed by atoms with Gasteiger partial charge in [-0.2, -0.15) is 0 Å². The highest BCUT2D eigenvalue weighted by Gasteiger charge is 2.24. The Morgan fingerprint density at radius 1 is 0.914 bits per heavy atom. The number of hydrogen-bond acceptors (Lipinski definition) is 8. The fourth-order valence-electron chi connectivity index (χ4n) is 3.92. The third-order valence-electron chi connectivity index (χ3n) is 5.82. The van der Waals surface area contributed by atoms with E-state index in [0.29, 0.717) is 37.0 Å². The molecule has 1 saturated heterocycles. The molecule has 3 rings (SSSR count). The number of rotatable bonds is 11. The van der Waals surface area contributed by atoms with Gasteiger partial charge in [-0.25, -0.2) is 0 Å². The number of morpholine rings is 1. The zero-order chi connectivity index (χ0) is 25.2. The molecule has 0 spiro atoms. The fraction of sp³-hybridized carbons (Fsp3) is 0.440. The monoisotopic (exact) mass is 487 g/mol. The van der Waals surface area contributed by atoms with Crippen LogP contribution in [0.2, 0.25) is 0 Å². The summed E-state index contributed by atoms with van der Waals surface area (Å²) in [5.41, 5.74) is 1.35. The van der Waals surface area contributed by atoms with Crippen LogP contribution in [0.15, 0.2) is 36.4 Å². The van der Waals surface area contributed by atoms with Gasteiger partial charge in [0.25, 0.3) is 5.91 Å². The summed E-state index contributed by atoms with van der Waals surface area (Å²) in [4.78, 5) is 27.5. The van der Waals surface area contributed by atoms with Crippen LogP contribution in [0.4, 0.5) is 0 Å². The van der Waals surface area contributed by atoms with E-state index < -0.39 is 5.91 Å². The van der Waals surface area contributed by atoms with Gasteiger partial charge in [0.2, 0.25) is 11.7 Å². The predicted molar refractivity (Wildman–Crippen MR) is 130 cm³/mol. The lowest BCUT2D eigenvalue weighted by Gasteiger charge is -2.35. The Bertz CT molecular complexity index is 966. The molecular weight excluding hydrogens is 454 g/mol. The minimum atomic E-state index is -0.431. The van der Waals surface area contributed by atoms with Gasteiger partial charge < -0.3 is 34.3 Å². The number of ether oxygens (including phenoxy) is 5. The van der Waals surface area contributed by atoms with Gasteiger partial charge in [-0.05, 0) is 29.8 Å². The molecule has 0 radical (unpaired) electrons. The lowest BCUT2D eigenvalue weighted by Crippen LogP contribution is -2.45. The van der Waals surface area contributed by atoms with E-state index in [0.717, 1.165) is 24.4 Å². The van der Waals surface area contributed by atoms with Crippen molar-refractivity contribution in [1.82, 2.24) is 15.5 Å². The minimum absolute atomic E-state index is 0.0282. The van der Waals surface area contributed by atoms with Crippen LogP contribution in [-0.4, -0.2) is 84.5 Å². The Labute approximate surface area is 205 Å². The maximum absolute atomic E-state index is 12.7. The summed E-state index contributed by atoms with van der Waals surface area (Å²) in [5.74, 6) is 1.14. The second-order valence-electron chi connectivity index (χ2n) is 7.84. The van der Waals surface area contributed by atoms with E-state index in [2.05, 4.69) is 15.5 Å². The van der Waals surface area contributed by atoms with E-state index in [1.54, 1.807) is 7.11 Å². The van der Waals surface area contributed by atoms with Crippen LogP contribution in [0.25, 0.3) is 0 Å². The SMILES string of the molecule is COc1ccc([C@H](CNC(=O)CNC(=O)c2cc(OC)c(OC)c(OC)c2)N2CCOCC2)cc1. The maximum Gasteiger partial charge on any atom is 0.251 e. The number of nitrogens with one attached hydrogen (secondary N) is 2. The quantitative estimate of drug-likeness (QED) is 0.493. The zero-order valence-corrected chi connectivity index (χ0v) is 20.6. The number of carbonyl (C=O) groups excluding carboxylic acids is 2. The summed E-state index contributed by atoms with van der Waals surface area (Å²) in [6.07, 6.45) is 0. The van der Waals surface area contributed by atoms with Crippen LogP contribution in [-0.2, 0) is 9.53 Å². The smallest absolute Gasteiger partial charge is 0.251 e. The molecule has 10 heteroatoms.